The molecule has 3 aromatic rings. The highest BCUT2D eigenvalue weighted by molar-refractivity contribution is 5.65. The zero-order valence-corrected chi connectivity index (χ0v) is 9.46. The van der Waals surface area contributed by atoms with Gasteiger partial charge in [0, 0.05) is 18.1 Å². The lowest BCUT2D eigenvalue weighted by molar-refractivity contribution is 1.18. The molecule has 0 aliphatic carbocycles. The highest BCUT2D eigenvalue weighted by atomic mass is 15.0. The SMILES string of the molecule is Cc1cc(-c2ccc3nc(N)cn3c2)ccn1. The zero-order valence-electron chi connectivity index (χ0n) is 9.46. The van der Waals surface area contributed by atoms with Gasteiger partial charge in [0.05, 0.1) is 6.20 Å². The van der Waals surface area contributed by atoms with E-state index >= 15 is 0 Å². The summed E-state index contributed by atoms with van der Waals surface area (Å²) >= 11 is 0. The first-order valence-electron chi connectivity index (χ1n) is 5.40. The van der Waals surface area contributed by atoms with Crippen LogP contribution in [0, 0.1) is 6.92 Å². The van der Waals surface area contributed by atoms with Crippen LogP contribution in [0.25, 0.3) is 16.8 Å². The second kappa shape index (κ2) is 3.59. The summed E-state index contributed by atoms with van der Waals surface area (Å²) in [6.45, 7) is 1.98. The van der Waals surface area contributed by atoms with Gasteiger partial charge in [0.25, 0.3) is 0 Å². The maximum Gasteiger partial charge on any atom is 0.142 e. The second-order valence-electron chi connectivity index (χ2n) is 4.03. The fourth-order valence-electron chi connectivity index (χ4n) is 1.91. The lowest BCUT2D eigenvalue weighted by atomic mass is 10.1. The number of hydrogen-bond donors (Lipinski definition) is 1. The Morgan fingerprint density at radius 1 is 1.12 bits per heavy atom. The molecular weight excluding hydrogens is 212 g/mol. The largest absolute Gasteiger partial charge is 0.382 e. The molecule has 4 nitrogen and oxygen atoms in total. The number of fused-ring (bicyclic) bond motifs is 1. The van der Waals surface area contributed by atoms with E-state index in [4.69, 9.17) is 5.73 Å². The predicted molar refractivity (Wildman–Crippen MR) is 67.6 cm³/mol. The molecule has 0 fully saturated rings. The van der Waals surface area contributed by atoms with Crippen molar-refractivity contribution in [1.29, 1.82) is 0 Å². The van der Waals surface area contributed by atoms with Crippen molar-refractivity contribution in [2.24, 2.45) is 0 Å². The maximum atomic E-state index is 5.66. The van der Waals surface area contributed by atoms with Gasteiger partial charge in [-0.25, -0.2) is 4.98 Å². The average molecular weight is 224 g/mol. The Kier molecular flexibility index (Phi) is 2.08. The number of pyridine rings is 2. The van der Waals surface area contributed by atoms with Crippen molar-refractivity contribution in [3.05, 3.63) is 48.5 Å². The van der Waals surface area contributed by atoms with Crippen molar-refractivity contribution in [3.63, 3.8) is 0 Å². The van der Waals surface area contributed by atoms with Gasteiger partial charge in [0.1, 0.15) is 11.5 Å². The molecule has 0 unspecified atom stereocenters. The van der Waals surface area contributed by atoms with Crippen LogP contribution in [0.5, 0.6) is 0 Å². The van der Waals surface area contributed by atoms with Crippen LogP contribution < -0.4 is 5.73 Å². The fourth-order valence-corrected chi connectivity index (χ4v) is 1.91. The zero-order chi connectivity index (χ0) is 11.8. The molecule has 0 bridgehead atoms. The molecule has 0 aromatic carbocycles. The molecule has 3 aromatic heterocycles. The van der Waals surface area contributed by atoms with Crippen LogP contribution in [0.2, 0.25) is 0 Å². The normalized spacial score (nSPS) is 10.9. The third-order valence-electron chi connectivity index (χ3n) is 2.70. The van der Waals surface area contributed by atoms with Crippen LogP contribution >= 0.6 is 0 Å². The fraction of sp³-hybridized carbons (Fsp3) is 0.0769. The minimum Gasteiger partial charge on any atom is -0.382 e. The van der Waals surface area contributed by atoms with Gasteiger partial charge in [0.2, 0.25) is 0 Å². The summed E-state index contributed by atoms with van der Waals surface area (Å²) in [5.74, 6) is 0.535. The summed E-state index contributed by atoms with van der Waals surface area (Å²) in [5.41, 5.74) is 9.80. The molecule has 0 aliphatic heterocycles. The molecule has 0 atom stereocenters. The number of hydrogen-bond acceptors (Lipinski definition) is 3. The first-order valence-corrected chi connectivity index (χ1v) is 5.40. The molecular formula is C13H12N4. The topological polar surface area (TPSA) is 56.2 Å². The lowest BCUT2D eigenvalue weighted by Crippen LogP contribution is -1.87. The molecule has 2 N–H and O–H groups in total. The Labute approximate surface area is 98.8 Å². The Morgan fingerprint density at radius 3 is 2.82 bits per heavy atom. The summed E-state index contributed by atoms with van der Waals surface area (Å²) < 4.78 is 1.93. The summed E-state index contributed by atoms with van der Waals surface area (Å²) in [7, 11) is 0. The van der Waals surface area contributed by atoms with Gasteiger partial charge >= 0.3 is 0 Å². The van der Waals surface area contributed by atoms with Crippen LogP contribution in [0.15, 0.2) is 42.9 Å². The molecule has 3 heterocycles. The van der Waals surface area contributed by atoms with Crippen molar-refractivity contribution >= 4 is 11.5 Å². The average Bonchev–Trinajstić information content (AvgIpc) is 2.68. The van der Waals surface area contributed by atoms with Gasteiger partial charge in [-0.15, -0.1) is 0 Å². The van der Waals surface area contributed by atoms with Crippen LogP contribution in [0.3, 0.4) is 0 Å². The lowest BCUT2D eigenvalue weighted by Gasteiger charge is -2.03. The van der Waals surface area contributed by atoms with Crippen LogP contribution in [-0.4, -0.2) is 14.4 Å². The number of nitrogens with zero attached hydrogens (tertiary/aromatic N) is 3. The van der Waals surface area contributed by atoms with E-state index in [0.29, 0.717) is 5.82 Å². The van der Waals surface area contributed by atoms with Crippen LogP contribution in [0.1, 0.15) is 5.69 Å². The minimum atomic E-state index is 0.535. The van der Waals surface area contributed by atoms with Gasteiger partial charge in [-0.05, 0) is 42.3 Å². The van der Waals surface area contributed by atoms with E-state index < -0.39 is 0 Å². The second-order valence-corrected chi connectivity index (χ2v) is 4.03. The molecule has 3 rings (SSSR count). The van der Waals surface area contributed by atoms with E-state index in [9.17, 15) is 0 Å². The van der Waals surface area contributed by atoms with Gasteiger partial charge in [-0.3, -0.25) is 4.98 Å². The van der Waals surface area contributed by atoms with Gasteiger partial charge in [-0.2, -0.15) is 0 Å². The molecule has 17 heavy (non-hydrogen) atoms. The van der Waals surface area contributed by atoms with E-state index in [1.54, 1.807) is 0 Å². The first-order chi connectivity index (χ1) is 8.22. The standard InChI is InChI=1S/C13H12N4/c1-9-6-10(4-5-15-9)11-2-3-13-16-12(14)8-17(13)7-11/h2-8H,14H2,1H3. The number of aromatic nitrogens is 3. The summed E-state index contributed by atoms with van der Waals surface area (Å²) in [4.78, 5) is 8.39. The molecule has 4 heteroatoms. The van der Waals surface area contributed by atoms with Crippen molar-refractivity contribution in [1.82, 2.24) is 14.4 Å². The Morgan fingerprint density at radius 2 is 2.00 bits per heavy atom. The maximum absolute atomic E-state index is 5.66. The van der Waals surface area contributed by atoms with E-state index in [2.05, 4.69) is 16.0 Å². The Hall–Kier alpha value is -2.36. The Bertz CT molecular complexity index is 685. The quantitative estimate of drug-likeness (QED) is 0.690. The number of anilines is 1. The number of imidazole rings is 1. The number of rotatable bonds is 1. The monoisotopic (exact) mass is 224 g/mol. The highest BCUT2D eigenvalue weighted by Gasteiger charge is 2.02. The van der Waals surface area contributed by atoms with E-state index in [-0.39, 0.29) is 0 Å². The van der Waals surface area contributed by atoms with Crippen molar-refractivity contribution in [2.45, 2.75) is 6.92 Å². The third-order valence-corrected chi connectivity index (χ3v) is 2.70. The van der Waals surface area contributed by atoms with Gasteiger partial charge in [-0.1, -0.05) is 0 Å². The number of aryl methyl sites for hydroxylation is 1. The molecule has 0 radical (unpaired) electrons. The molecule has 84 valence electrons. The molecule has 0 spiro atoms. The minimum absolute atomic E-state index is 0.535. The van der Waals surface area contributed by atoms with Crippen molar-refractivity contribution in [2.75, 3.05) is 5.73 Å². The van der Waals surface area contributed by atoms with Crippen molar-refractivity contribution in [3.8, 4) is 11.1 Å². The van der Waals surface area contributed by atoms with Gasteiger partial charge < -0.3 is 10.1 Å². The molecule has 0 amide bonds. The van der Waals surface area contributed by atoms with E-state index in [0.717, 1.165) is 22.5 Å². The van der Waals surface area contributed by atoms with Crippen LogP contribution in [0.4, 0.5) is 5.82 Å². The molecule has 0 saturated carbocycles. The van der Waals surface area contributed by atoms with E-state index in [1.807, 2.05) is 48.1 Å². The third kappa shape index (κ3) is 1.73. The summed E-state index contributed by atoms with van der Waals surface area (Å²) in [6, 6.07) is 8.05. The summed E-state index contributed by atoms with van der Waals surface area (Å²) in [6.07, 6.45) is 5.65. The Balaban J connectivity index is 2.17. The van der Waals surface area contributed by atoms with Crippen molar-refractivity contribution < 1.29 is 0 Å². The molecule has 0 saturated heterocycles. The number of nitrogen functional groups attached to an aromatic ring is 1. The first kappa shape index (κ1) is 9.84. The summed E-state index contributed by atoms with van der Waals surface area (Å²) in [5, 5.41) is 0. The van der Waals surface area contributed by atoms with Crippen LogP contribution in [-0.2, 0) is 0 Å². The predicted octanol–water partition coefficient (Wildman–Crippen LogP) is 2.29. The van der Waals surface area contributed by atoms with Gasteiger partial charge in [0.15, 0.2) is 0 Å². The smallest absolute Gasteiger partial charge is 0.142 e. The number of nitrogens with two attached hydrogens (primary N) is 1. The van der Waals surface area contributed by atoms with E-state index in [1.165, 1.54) is 0 Å². The highest BCUT2D eigenvalue weighted by Crippen LogP contribution is 2.20. The molecule has 0 aliphatic rings.